The van der Waals surface area contributed by atoms with Crippen molar-refractivity contribution in [3.8, 4) is 0 Å². The molecule has 0 saturated carbocycles. The first-order chi connectivity index (χ1) is 8.54. The second-order valence-electron chi connectivity index (χ2n) is 3.57. The number of non-ortho nitro benzene ring substituents is 1. The van der Waals surface area contributed by atoms with Crippen molar-refractivity contribution in [1.82, 2.24) is 5.32 Å². The van der Waals surface area contributed by atoms with Crippen LogP contribution in [0.25, 0.3) is 0 Å². The Kier molecular flexibility index (Phi) is 5.73. The van der Waals surface area contributed by atoms with Crippen LogP contribution >= 0.6 is 15.9 Å². The Balaban J connectivity index is 2.61. The molecule has 98 valence electrons. The van der Waals surface area contributed by atoms with E-state index < -0.39 is 4.92 Å². The second-order valence-corrected chi connectivity index (χ2v) is 4.87. The van der Waals surface area contributed by atoms with Crippen LogP contribution in [0.5, 0.6) is 0 Å². The number of nitrogens with zero attached hydrogens (tertiary/aromatic N) is 1. The smallest absolute Gasteiger partial charge is 0.270 e. The third-order valence-corrected chi connectivity index (χ3v) is 2.74. The molecule has 0 saturated heterocycles. The Bertz CT molecular complexity index is 439. The van der Waals surface area contributed by atoms with E-state index in [0.29, 0.717) is 13.2 Å². The molecule has 7 heteroatoms. The van der Waals surface area contributed by atoms with E-state index in [0.717, 1.165) is 0 Å². The maximum Gasteiger partial charge on any atom is 0.270 e. The number of ether oxygens (including phenoxy) is 1. The van der Waals surface area contributed by atoms with Gasteiger partial charge in [-0.15, -0.1) is 0 Å². The monoisotopic (exact) mass is 316 g/mol. The topological polar surface area (TPSA) is 81.5 Å². The summed E-state index contributed by atoms with van der Waals surface area (Å²) in [6, 6.07) is 5.60. The molecular formula is C11H13BrN2O4. The van der Waals surface area contributed by atoms with Gasteiger partial charge in [0, 0.05) is 31.4 Å². The molecule has 0 radical (unpaired) electrons. The van der Waals surface area contributed by atoms with E-state index in [2.05, 4.69) is 21.2 Å². The van der Waals surface area contributed by atoms with E-state index in [-0.39, 0.29) is 22.0 Å². The molecule has 1 aromatic carbocycles. The van der Waals surface area contributed by atoms with Crippen molar-refractivity contribution in [2.75, 3.05) is 20.3 Å². The Hall–Kier alpha value is -1.47. The molecule has 1 amide bonds. The van der Waals surface area contributed by atoms with Gasteiger partial charge in [-0.2, -0.15) is 0 Å². The van der Waals surface area contributed by atoms with Crippen LogP contribution in [-0.4, -0.2) is 35.9 Å². The van der Waals surface area contributed by atoms with Gasteiger partial charge < -0.3 is 10.1 Å². The number of benzene rings is 1. The molecule has 0 aliphatic rings. The quantitative estimate of drug-likeness (QED) is 0.492. The molecule has 18 heavy (non-hydrogen) atoms. The van der Waals surface area contributed by atoms with Crippen LogP contribution in [0.15, 0.2) is 24.3 Å². The van der Waals surface area contributed by atoms with Crippen molar-refractivity contribution >= 4 is 27.5 Å². The summed E-state index contributed by atoms with van der Waals surface area (Å²) in [5.41, 5.74) is 0.163. The Morgan fingerprint density at radius 1 is 1.61 bits per heavy atom. The van der Waals surface area contributed by atoms with Crippen molar-refractivity contribution in [2.24, 2.45) is 0 Å². The number of methoxy groups -OCH3 is 1. The molecular weight excluding hydrogens is 304 g/mol. The van der Waals surface area contributed by atoms with E-state index in [9.17, 15) is 14.9 Å². The zero-order valence-electron chi connectivity index (χ0n) is 9.76. The zero-order chi connectivity index (χ0) is 13.5. The number of nitro benzene ring substituents is 1. The van der Waals surface area contributed by atoms with Crippen molar-refractivity contribution in [3.63, 3.8) is 0 Å². The van der Waals surface area contributed by atoms with Crippen LogP contribution in [0.3, 0.4) is 0 Å². The Labute approximate surface area is 113 Å². The minimum Gasteiger partial charge on any atom is -0.383 e. The highest BCUT2D eigenvalue weighted by atomic mass is 79.9. The molecule has 0 fully saturated rings. The third kappa shape index (κ3) is 4.42. The number of carbonyl (C=O) groups excluding carboxylic acids is 1. The van der Waals surface area contributed by atoms with Crippen LogP contribution in [0.1, 0.15) is 10.4 Å². The lowest BCUT2D eigenvalue weighted by Crippen LogP contribution is -2.31. The van der Waals surface area contributed by atoms with Crippen molar-refractivity contribution in [2.45, 2.75) is 4.83 Å². The van der Waals surface area contributed by atoms with Crippen LogP contribution in [0, 0.1) is 10.1 Å². The fourth-order valence-electron chi connectivity index (χ4n) is 1.31. The summed E-state index contributed by atoms with van der Waals surface area (Å²) in [4.78, 5) is 21.8. The molecule has 6 nitrogen and oxygen atoms in total. The lowest BCUT2D eigenvalue weighted by molar-refractivity contribution is -0.384. The lowest BCUT2D eigenvalue weighted by Gasteiger charge is -2.10. The molecule has 1 N–H and O–H groups in total. The molecule has 0 aromatic heterocycles. The maximum absolute atomic E-state index is 11.7. The summed E-state index contributed by atoms with van der Waals surface area (Å²) in [5, 5.41) is 13.2. The van der Waals surface area contributed by atoms with E-state index in [4.69, 9.17) is 4.74 Å². The van der Waals surface area contributed by atoms with Crippen molar-refractivity contribution < 1.29 is 14.5 Å². The number of nitro groups is 1. The van der Waals surface area contributed by atoms with Gasteiger partial charge in [0.2, 0.25) is 0 Å². The predicted octanol–water partition coefficient (Wildman–Crippen LogP) is 1.73. The van der Waals surface area contributed by atoms with Gasteiger partial charge in [0.15, 0.2) is 0 Å². The summed E-state index contributed by atoms with van der Waals surface area (Å²) in [6.45, 7) is 0.852. The summed E-state index contributed by atoms with van der Waals surface area (Å²) in [5.74, 6) is -0.348. The van der Waals surface area contributed by atoms with Gasteiger partial charge in [0.05, 0.1) is 16.4 Å². The van der Waals surface area contributed by atoms with Crippen LogP contribution in [-0.2, 0) is 4.74 Å². The van der Waals surface area contributed by atoms with E-state index in [1.54, 1.807) is 7.11 Å². The van der Waals surface area contributed by atoms with Crippen LogP contribution < -0.4 is 5.32 Å². The fraction of sp³-hybridized carbons (Fsp3) is 0.364. The van der Waals surface area contributed by atoms with E-state index >= 15 is 0 Å². The van der Waals surface area contributed by atoms with Gasteiger partial charge in [0.25, 0.3) is 11.6 Å². The molecule has 1 aromatic rings. The number of amides is 1. The van der Waals surface area contributed by atoms with Crippen molar-refractivity contribution in [1.29, 1.82) is 0 Å². The number of halogens is 1. The highest BCUT2D eigenvalue weighted by Crippen LogP contribution is 2.13. The molecule has 1 rings (SSSR count). The number of nitrogens with one attached hydrogen (secondary N) is 1. The summed E-state index contributed by atoms with van der Waals surface area (Å²) < 4.78 is 4.90. The first-order valence-electron chi connectivity index (χ1n) is 5.20. The second kappa shape index (κ2) is 7.07. The van der Waals surface area contributed by atoms with Crippen molar-refractivity contribution in [3.05, 3.63) is 39.9 Å². The number of hydrogen-bond acceptors (Lipinski definition) is 4. The summed E-state index contributed by atoms with van der Waals surface area (Å²) >= 11 is 3.33. The maximum atomic E-state index is 11.7. The largest absolute Gasteiger partial charge is 0.383 e. The van der Waals surface area contributed by atoms with Gasteiger partial charge in [-0.3, -0.25) is 14.9 Å². The minimum absolute atomic E-state index is 0.00477. The van der Waals surface area contributed by atoms with E-state index in [1.807, 2.05) is 0 Å². The van der Waals surface area contributed by atoms with Crippen LogP contribution in [0.2, 0.25) is 0 Å². The predicted molar refractivity (Wildman–Crippen MR) is 70.0 cm³/mol. The first-order valence-corrected chi connectivity index (χ1v) is 6.12. The molecule has 0 aliphatic carbocycles. The minimum atomic E-state index is -0.533. The molecule has 0 heterocycles. The molecule has 0 spiro atoms. The highest BCUT2D eigenvalue weighted by Gasteiger charge is 2.12. The first kappa shape index (κ1) is 14.6. The summed E-state index contributed by atoms with van der Waals surface area (Å²) in [7, 11) is 1.57. The highest BCUT2D eigenvalue weighted by molar-refractivity contribution is 9.09. The number of rotatable bonds is 6. The van der Waals surface area contributed by atoms with Gasteiger partial charge in [-0.25, -0.2) is 0 Å². The van der Waals surface area contributed by atoms with Gasteiger partial charge in [0.1, 0.15) is 0 Å². The van der Waals surface area contributed by atoms with Gasteiger partial charge in [-0.1, -0.05) is 22.0 Å². The molecule has 1 unspecified atom stereocenters. The Morgan fingerprint density at radius 2 is 2.33 bits per heavy atom. The van der Waals surface area contributed by atoms with Crippen LogP contribution in [0.4, 0.5) is 5.69 Å². The van der Waals surface area contributed by atoms with Gasteiger partial charge >= 0.3 is 0 Å². The number of carbonyl (C=O) groups is 1. The standard InChI is InChI=1S/C11H13BrN2O4/c1-18-7-9(12)6-13-11(15)8-3-2-4-10(5-8)14(16)17/h2-5,9H,6-7H2,1H3,(H,13,15). The molecule has 0 bridgehead atoms. The van der Waals surface area contributed by atoms with Gasteiger partial charge in [-0.05, 0) is 6.07 Å². The zero-order valence-corrected chi connectivity index (χ0v) is 11.3. The lowest BCUT2D eigenvalue weighted by atomic mass is 10.2. The SMILES string of the molecule is COCC(Br)CNC(=O)c1cccc([N+](=O)[O-])c1. The molecule has 0 aliphatic heterocycles. The fourth-order valence-corrected chi connectivity index (χ4v) is 1.73. The molecule has 1 atom stereocenters. The average Bonchev–Trinajstić information content (AvgIpc) is 2.36. The number of alkyl halides is 1. The average molecular weight is 317 g/mol. The third-order valence-electron chi connectivity index (χ3n) is 2.15. The Morgan fingerprint density at radius 3 is 2.94 bits per heavy atom. The van der Waals surface area contributed by atoms with E-state index in [1.165, 1.54) is 24.3 Å². The number of hydrogen-bond donors (Lipinski definition) is 1. The summed E-state index contributed by atoms with van der Waals surface area (Å²) in [6.07, 6.45) is 0. The normalized spacial score (nSPS) is 11.9.